The molecule has 0 N–H and O–H groups in total. The molecule has 2 aliphatic rings. The van der Waals surface area contributed by atoms with E-state index in [1.807, 2.05) is 11.0 Å². The highest BCUT2D eigenvalue weighted by Crippen LogP contribution is 2.34. The van der Waals surface area contributed by atoms with E-state index in [9.17, 15) is 4.79 Å². The van der Waals surface area contributed by atoms with E-state index in [2.05, 4.69) is 19.0 Å². The van der Waals surface area contributed by atoms with E-state index in [1.54, 1.807) is 18.2 Å². The lowest BCUT2D eigenvalue weighted by Gasteiger charge is -2.22. The predicted molar refractivity (Wildman–Crippen MR) is 88.8 cm³/mol. The fourth-order valence-electron chi connectivity index (χ4n) is 3.45. The van der Waals surface area contributed by atoms with Crippen LogP contribution in [-0.4, -0.2) is 68.8 Å². The molecule has 3 atom stereocenters. The number of fused-ring (bicyclic) bond motifs is 1. The zero-order valence-electron chi connectivity index (χ0n) is 13.6. The Kier molecular flexibility index (Phi) is 5.09. The second kappa shape index (κ2) is 7.07. The van der Waals surface area contributed by atoms with Crippen LogP contribution in [0.1, 0.15) is 0 Å². The summed E-state index contributed by atoms with van der Waals surface area (Å²) in [5.74, 6) is 1.56. The Hall–Kier alpha value is -1.30. The summed E-state index contributed by atoms with van der Waals surface area (Å²) < 4.78 is 11.4. The van der Waals surface area contributed by atoms with Crippen molar-refractivity contribution < 1.29 is 14.3 Å². The fourth-order valence-corrected chi connectivity index (χ4v) is 3.63. The maximum atomic E-state index is 12.4. The third-order valence-electron chi connectivity index (χ3n) is 4.55. The highest BCUT2D eigenvalue weighted by molar-refractivity contribution is 6.30. The summed E-state index contributed by atoms with van der Waals surface area (Å²) in [6, 6.07) is 7.10. The molecule has 2 saturated heterocycles. The first kappa shape index (κ1) is 16.6. The van der Waals surface area contributed by atoms with Crippen molar-refractivity contribution in [3.63, 3.8) is 0 Å². The minimum atomic E-state index is 0.00609. The number of hydrogen-bond acceptors (Lipinski definition) is 4. The maximum Gasteiger partial charge on any atom is 0.260 e. The Morgan fingerprint density at radius 1 is 1.43 bits per heavy atom. The van der Waals surface area contributed by atoms with Gasteiger partial charge in [-0.05, 0) is 32.3 Å². The molecule has 0 spiro atoms. The standard InChI is InChI=1S/C17H23ClN2O3/c1-19(2)7-12-10-23-16-9-20(8-15(12)16)17(21)11-22-14-5-3-4-13(18)6-14/h3-6,12,15-16H,7-11H2,1-2H3/t12-,15-,16-/m1/s1. The molecule has 2 fully saturated rings. The number of carbonyl (C=O) groups excluding carboxylic acids is 1. The van der Waals surface area contributed by atoms with E-state index in [4.69, 9.17) is 21.1 Å². The van der Waals surface area contributed by atoms with Gasteiger partial charge in [0, 0.05) is 36.5 Å². The molecule has 1 aromatic carbocycles. The van der Waals surface area contributed by atoms with Gasteiger partial charge in [-0.25, -0.2) is 0 Å². The molecule has 0 aromatic heterocycles. The molecule has 6 heteroatoms. The van der Waals surface area contributed by atoms with Crippen LogP contribution in [0.4, 0.5) is 0 Å². The van der Waals surface area contributed by atoms with Crippen LogP contribution >= 0.6 is 11.6 Å². The smallest absolute Gasteiger partial charge is 0.260 e. The average molecular weight is 339 g/mol. The molecule has 0 bridgehead atoms. The van der Waals surface area contributed by atoms with Gasteiger partial charge >= 0.3 is 0 Å². The van der Waals surface area contributed by atoms with Gasteiger partial charge in [-0.3, -0.25) is 4.79 Å². The maximum absolute atomic E-state index is 12.4. The summed E-state index contributed by atoms with van der Waals surface area (Å²) in [7, 11) is 4.15. The van der Waals surface area contributed by atoms with Crippen LogP contribution in [0.3, 0.4) is 0 Å². The van der Waals surface area contributed by atoms with Gasteiger partial charge in [-0.15, -0.1) is 0 Å². The van der Waals surface area contributed by atoms with E-state index in [0.29, 0.717) is 29.2 Å². The molecule has 23 heavy (non-hydrogen) atoms. The second-order valence-electron chi connectivity index (χ2n) is 6.60. The molecule has 0 radical (unpaired) electrons. The lowest BCUT2D eigenvalue weighted by molar-refractivity contribution is -0.133. The van der Waals surface area contributed by atoms with Crippen molar-refractivity contribution in [2.24, 2.45) is 11.8 Å². The monoisotopic (exact) mass is 338 g/mol. The first-order valence-corrected chi connectivity index (χ1v) is 8.33. The van der Waals surface area contributed by atoms with Crippen LogP contribution in [0, 0.1) is 11.8 Å². The minimum absolute atomic E-state index is 0.00609. The molecule has 3 rings (SSSR count). The Balaban J connectivity index is 1.52. The first-order chi connectivity index (χ1) is 11.0. The number of ether oxygens (including phenoxy) is 2. The van der Waals surface area contributed by atoms with Crippen molar-refractivity contribution in [3.05, 3.63) is 29.3 Å². The normalized spacial score (nSPS) is 26.6. The third kappa shape index (κ3) is 3.97. The molecular formula is C17H23ClN2O3. The Labute approximate surface area is 142 Å². The molecule has 2 heterocycles. The number of nitrogens with zero attached hydrogens (tertiary/aromatic N) is 2. The number of halogens is 1. The van der Waals surface area contributed by atoms with Crippen molar-refractivity contribution in [2.75, 3.05) is 46.9 Å². The van der Waals surface area contributed by atoms with Crippen molar-refractivity contribution in [1.29, 1.82) is 0 Å². The van der Waals surface area contributed by atoms with Gasteiger partial charge in [0.25, 0.3) is 5.91 Å². The zero-order chi connectivity index (χ0) is 16.4. The topological polar surface area (TPSA) is 42.0 Å². The molecule has 0 aliphatic carbocycles. The minimum Gasteiger partial charge on any atom is -0.484 e. The Morgan fingerprint density at radius 2 is 2.26 bits per heavy atom. The summed E-state index contributed by atoms with van der Waals surface area (Å²) in [4.78, 5) is 16.4. The highest BCUT2D eigenvalue weighted by Gasteiger charge is 2.45. The Morgan fingerprint density at radius 3 is 3.00 bits per heavy atom. The summed E-state index contributed by atoms with van der Waals surface area (Å²) in [5, 5.41) is 0.602. The molecule has 5 nitrogen and oxygen atoms in total. The van der Waals surface area contributed by atoms with Crippen molar-refractivity contribution in [2.45, 2.75) is 6.10 Å². The number of rotatable bonds is 5. The van der Waals surface area contributed by atoms with Crippen LogP contribution < -0.4 is 4.74 Å². The molecule has 1 amide bonds. The molecule has 0 saturated carbocycles. The summed E-state index contributed by atoms with van der Waals surface area (Å²) >= 11 is 5.91. The van der Waals surface area contributed by atoms with Gasteiger partial charge in [0.15, 0.2) is 6.61 Å². The number of likely N-dealkylation sites (tertiary alicyclic amines) is 1. The van der Waals surface area contributed by atoms with Gasteiger partial charge in [-0.1, -0.05) is 17.7 Å². The molecule has 0 unspecified atom stereocenters. The van der Waals surface area contributed by atoms with E-state index < -0.39 is 0 Å². The SMILES string of the molecule is CN(C)C[C@@H]1CO[C@@H]2CN(C(=O)COc3cccc(Cl)c3)C[C@H]12. The molecule has 2 aliphatic heterocycles. The Bertz CT molecular complexity index is 567. The molecule has 126 valence electrons. The fraction of sp³-hybridized carbons (Fsp3) is 0.588. The van der Waals surface area contributed by atoms with Crippen molar-refractivity contribution in [1.82, 2.24) is 9.80 Å². The summed E-state index contributed by atoms with van der Waals surface area (Å²) in [5.41, 5.74) is 0. The highest BCUT2D eigenvalue weighted by atomic mass is 35.5. The lowest BCUT2D eigenvalue weighted by atomic mass is 9.93. The summed E-state index contributed by atoms with van der Waals surface area (Å²) in [6.45, 7) is 3.28. The summed E-state index contributed by atoms with van der Waals surface area (Å²) in [6.07, 6.45) is 0.176. The number of amides is 1. The zero-order valence-corrected chi connectivity index (χ0v) is 14.3. The van der Waals surface area contributed by atoms with Gasteiger partial charge < -0.3 is 19.3 Å². The van der Waals surface area contributed by atoms with Crippen LogP contribution in [0.2, 0.25) is 5.02 Å². The van der Waals surface area contributed by atoms with E-state index in [0.717, 1.165) is 19.7 Å². The van der Waals surface area contributed by atoms with Crippen LogP contribution in [-0.2, 0) is 9.53 Å². The lowest BCUT2D eigenvalue weighted by Crippen LogP contribution is -2.36. The van der Waals surface area contributed by atoms with Gasteiger partial charge in [0.2, 0.25) is 0 Å². The first-order valence-electron chi connectivity index (χ1n) is 7.95. The van der Waals surface area contributed by atoms with Gasteiger partial charge in [-0.2, -0.15) is 0 Å². The quantitative estimate of drug-likeness (QED) is 0.820. The van der Waals surface area contributed by atoms with E-state index in [-0.39, 0.29) is 18.6 Å². The van der Waals surface area contributed by atoms with E-state index >= 15 is 0 Å². The molecule has 1 aromatic rings. The van der Waals surface area contributed by atoms with Crippen LogP contribution in [0.25, 0.3) is 0 Å². The average Bonchev–Trinajstić information content (AvgIpc) is 3.07. The molecular weight excluding hydrogens is 316 g/mol. The van der Waals surface area contributed by atoms with Gasteiger partial charge in [0.05, 0.1) is 12.7 Å². The number of benzene rings is 1. The predicted octanol–water partition coefficient (Wildman–Crippen LogP) is 1.75. The van der Waals surface area contributed by atoms with Gasteiger partial charge in [0.1, 0.15) is 5.75 Å². The van der Waals surface area contributed by atoms with Crippen LogP contribution in [0.5, 0.6) is 5.75 Å². The third-order valence-corrected chi connectivity index (χ3v) is 4.78. The van der Waals surface area contributed by atoms with Crippen molar-refractivity contribution >= 4 is 17.5 Å². The second-order valence-corrected chi connectivity index (χ2v) is 7.04. The largest absolute Gasteiger partial charge is 0.484 e. The van der Waals surface area contributed by atoms with Crippen molar-refractivity contribution in [3.8, 4) is 5.75 Å². The van der Waals surface area contributed by atoms with Crippen LogP contribution in [0.15, 0.2) is 24.3 Å². The number of carbonyl (C=O) groups is 1. The number of hydrogen-bond donors (Lipinski definition) is 0. The van der Waals surface area contributed by atoms with E-state index in [1.165, 1.54) is 0 Å².